The number of amides is 1. The zero-order valence-corrected chi connectivity index (χ0v) is 16.9. The summed E-state index contributed by atoms with van der Waals surface area (Å²) in [5.41, 5.74) is 1.05. The number of aromatic nitrogens is 3. The molecule has 2 heterocycles. The van der Waals surface area contributed by atoms with Gasteiger partial charge < -0.3 is 9.88 Å². The van der Waals surface area contributed by atoms with Crippen LogP contribution in [0.3, 0.4) is 0 Å². The van der Waals surface area contributed by atoms with Crippen molar-refractivity contribution in [2.45, 2.75) is 38.6 Å². The molecule has 0 aliphatic carbocycles. The van der Waals surface area contributed by atoms with Crippen molar-refractivity contribution in [3.63, 3.8) is 0 Å². The number of benzene rings is 2. The van der Waals surface area contributed by atoms with Crippen LogP contribution in [0.15, 0.2) is 42.5 Å². The number of anilines is 1. The highest BCUT2D eigenvalue weighted by Crippen LogP contribution is 2.26. The first-order valence-corrected chi connectivity index (χ1v) is 10.2. The van der Waals surface area contributed by atoms with Crippen molar-refractivity contribution in [1.82, 2.24) is 14.8 Å². The molecule has 1 amide bonds. The highest BCUT2D eigenvalue weighted by molar-refractivity contribution is 6.31. The lowest BCUT2D eigenvalue weighted by Crippen LogP contribution is -2.14. The number of hydrogen-bond acceptors (Lipinski definition) is 5. The van der Waals surface area contributed by atoms with E-state index in [2.05, 4.69) is 20.1 Å². The molecule has 0 spiro atoms. The Morgan fingerprint density at radius 2 is 1.83 bits per heavy atom. The van der Waals surface area contributed by atoms with Gasteiger partial charge in [0.05, 0.1) is 4.92 Å². The van der Waals surface area contributed by atoms with Crippen molar-refractivity contribution in [1.29, 1.82) is 0 Å². The Bertz CT molecular complexity index is 1090. The molecule has 0 saturated carbocycles. The van der Waals surface area contributed by atoms with E-state index in [0.29, 0.717) is 5.69 Å². The van der Waals surface area contributed by atoms with Crippen LogP contribution in [0.25, 0.3) is 11.4 Å². The van der Waals surface area contributed by atoms with Gasteiger partial charge in [0.25, 0.3) is 11.6 Å². The minimum Gasteiger partial charge on any atom is -0.322 e. The predicted molar refractivity (Wildman–Crippen MR) is 114 cm³/mol. The summed E-state index contributed by atoms with van der Waals surface area (Å²) < 4.78 is 2.17. The first kappa shape index (κ1) is 20.0. The van der Waals surface area contributed by atoms with Crippen LogP contribution in [0.1, 0.15) is 41.9 Å². The van der Waals surface area contributed by atoms with Crippen LogP contribution in [0, 0.1) is 10.1 Å². The van der Waals surface area contributed by atoms with Gasteiger partial charge in [-0.2, -0.15) is 0 Å². The maximum Gasteiger partial charge on any atom is 0.283 e. The van der Waals surface area contributed by atoms with E-state index in [-0.39, 0.29) is 16.3 Å². The van der Waals surface area contributed by atoms with E-state index in [1.807, 2.05) is 12.1 Å². The summed E-state index contributed by atoms with van der Waals surface area (Å²) in [6.07, 6.45) is 5.59. The van der Waals surface area contributed by atoms with Crippen LogP contribution >= 0.6 is 11.6 Å². The first-order chi connectivity index (χ1) is 14.5. The van der Waals surface area contributed by atoms with Gasteiger partial charge in [-0.1, -0.05) is 24.4 Å². The summed E-state index contributed by atoms with van der Waals surface area (Å²) in [6.45, 7) is 0.899. The molecule has 0 bridgehead atoms. The summed E-state index contributed by atoms with van der Waals surface area (Å²) in [5.74, 6) is 1.26. The summed E-state index contributed by atoms with van der Waals surface area (Å²) in [6, 6.07) is 11.2. The molecule has 0 unspecified atom stereocenters. The summed E-state index contributed by atoms with van der Waals surface area (Å²) >= 11 is 5.81. The van der Waals surface area contributed by atoms with Gasteiger partial charge in [0.2, 0.25) is 0 Å². The van der Waals surface area contributed by atoms with E-state index in [4.69, 9.17) is 11.6 Å². The molecule has 0 atom stereocenters. The highest BCUT2D eigenvalue weighted by atomic mass is 35.5. The zero-order valence-electron chi connectivity index (χ0n) is 16.2. The van der Waals surface area contributed by atoms with Crippen molar-refractivity contribution in [3.8, 4) is 11.4 Å². The predicted octanol–water partition coefficient (Wildman–Crippen LogP) is 4.88. The summed E-state index contributed by atoms with van der Waals surface area (Å²) in [7, 11) is 0. The standard InChI is InChI=1S/C21H20ClN5O3/c22-15-8-11-17(18(13-15)27(29)30)21(28)23-16-9-6-14(7-10-16)20-25-24-19-5-3-1-2-4-12-26(19)20/h6-11,13H,1-5,12H2,(H,23,28). The van der Waals surface area contributed by atoms with Gasteiger partial charge in [-0.05, 0) is 49.2 Å². The molecule has 1 aliphatic heterocycles. The number of hydrogen-bond donors (Lipinski definition) is 1. The number of fused-ring (bicyclic) bond motifs is 1. The second kappa shape index (κ2) is 8.62. The molecule has 30 heavy (non-hydrogen) atoms. The van der Waals surface area contributed by atoms with Gasteiger partial charge in [-0.25, -0.2) is 0 Å². The number of nitro groups is 1. The normalized spacial score (nSPS) is 13.8. The van der Waals surface area contributed by atoms with Gasteiger partial charge in [0.1, 0.15) is 11.4 Å². The Labute approximate surface area is 178 Å². The van der Waals surface area contributed by atoms with E-state index in [9.17, 15) is 14.9 Å². The lowest BCUT2D eigenvalue weighted by molar-refractivity contribution is -0.385. The van der Waals surface area contributed by atoms with Crippen LogP contribution < -0.4 is 5.32 Å². The van der Waals surface area contributed by atoms with Crippen molar-refractivity contribution < 1.29 is 9.72 Å². The van der Waals surface area contributed by atoms with E-state index in [1.54, 1.807) is 12.1 Å². The van der Waals surface area contributed by atoms with E-state index >= 15 is 0 Å². The summed E-state index contributed by atoms with van der Waals surface area (Å²) in [5, 5.41) is 22.8. The fraction of sp³-hybridized carbons (Fsp3) is 0.286. The van der Waals surface area contributed by atoms with Crippen LogP contribution in [0.5, 0.6) is 0 Å². The molecule has 1 aromatic heterocycles. The first-order valence-electron chi connectivity index (χ1n) is 9.81. The number of rotatable bonds is 4. The molecule has 3 aromatic rings. The summed E-state index contributed by atoms with van der Waals surface area (Å²) in [4.78, 5) is 23.1. The number of nitrogens with one attached hydrogen (secondary N) is 1. The van der Waals surface area contributed by atoms with Gasteiger partial charge >= 0.3 is 0 Å². The zero-order chi connectivity index (χ0) is 21.1. The fourth-order valence-corrected chi connectivity index (χ4v) is 3.79. The molecule has 1 N–H and O–H groups in total. The number of carbonyl (C=O) groups excluding carboxylic acids is 1. The topological polar surface area (TPSA) is 103 Å². The van der Waals surface area contributed by atoms with Crippen LogP contribution in [-0.2, 0) is 13.0 Å². The Morgan fingerprint density at radius 1 is 1.07 bits per heavy atom. The van der Waals surface area contributed by atoms with Crippen LogP contribution in [0.2, 0.25) is 5.02 Å². The second-order valence-electron chi connectivity index (χ2n) is 7.21. The van der Waals surface area contributed by atoms with E-state index in [1.165, 1.54) is 31.0 Å². The minimum absolute atomic E-state index is 0.0488. The average molecular weight is 426 g/mol. The number of carbonyl (C=O) groups is 1. The van der Waals surface area contributed by atoms with E-state index in [0.717, 1.165) is 43.0 Å². The number of halogens is 1. The third kappa shape index (κ3) is 4.18. The van der Waals surface area contributed by atoms with Crippen LogP contribution in [-0.4, -0.2) is 25.6 Å². The number of nitrogens with zero attached hydrogens (tertiary/aromatic N) is 4. The minimum atomic E-state index is -0.622. The van der Waals surface area contributed by atoms with Crippen molar-refractivity contribution in [3.05, 3.63) is 69.0 Å². The molecule has 1 aliphatic rings. The Morgan fingerprint density at radius 3 is 2.60 bits per heavy atom. The van der Waals surface area contributed by atoms with Crippen molar-refractivity contribution in [2.24, 2.45) is 0 Å². The Kier molecular flexibility index (Phi) is 5.76. The molecule has 154 valence electrons. The Balaban J connectivity index is 1.54. The average Bonchev–Trinajstić information content (AvgIpc) is 3.09. The van der Waals surface area contributed by atoms with Gasteiger partial charge in [-0.3, -0.25) is 14.9 Å². The largest absolute Gasteiger partial charge is 0.322 e. The molecule has 2 aromatic carbocycles. The lowest BCUT2D eigenvalue weighted by atomic mass is 10.1. The number of aryl methyl sites for hydroxylation is 1. The Hall–Kier alpha value is -3.26. The lowest BCUT2D eigenvalue weighted by Gasteiger charge is -2.13. The van der Waals surface area contributed by atoms with Crippen molar-refractivity contribution in [2.75, 3.05) is 5.32 Å². The quantitative estimate of drug-likeness (QED) is 0.474. The van der Waals surface area contributed by atoms with E-state index < -0.39 is 10.8 Å². The van der Waals surface area contributed by atoms with Gasteiger partial charge in [0, 0.05) is 35.3 Å². The maximum absolute atomic E-state index is 12.5. The fourth-order valence-electron chi connectivity index (χ4n) is 3.62. The van der Waals surface area contributed by atoms with Gasteiger partial charge in [0.15, 0.2) is 5.82 Å². The molecule has 0 saturated heterocycles. The van der Waals surface area contributed by atoms with Crippen LogP contribution in [0.4, 0.5) is 11.4 Å². The van der Waals surface area contributed by atoms with Gasteiger partial charge in [-0.15, -0.1) is 10.2 Å². The maximum atomic E-state index is 12.5. The monoisotopic (exact) mass is 425 g/mol. The molecule has 4 rings (SSSR count). The molecule has 9 heteroatoms. The third-order valence-electron chi connectivity index (χ3n) is 5.16. The smallest absolute Gasteiger partial charge is 0.283 e. The molecule has 0 fully saturated rings. The third-order valence-corrected chi connectivity index (χ3v) is 5.40. The highest BCUT2D eigenvalue weighted by Gasteiger charge is 2.21. The molecule has 8 nitrogen and oxygen atoms in total. The SMILES string of the molecule is O=C(Nc1ccc(-c2nnc3n2CCCCCC3)cc1)c1ccc(Cl)cc1[N+](=O)[O-]. The van der Waals surface area contributed by atoms with Crippen molar-refractivity contribution >= 4 is 28.9 Å². The molecular formula is C21H20ClN5O3. The number of nitro benzene ring substituents is 1. The molecular weight excluding hydrogens is 406 g/mol. The molecule has 0 radical (unpaired) electrons. The second-order valence-corrected chi connectivity index (χ2v) is 7.64.